The average molecular weight is 627 g/mol. The molecule has 7 aromatic carbocycles. The van der Waals surface area contributed by atoms with Crippen LogP contribution in [0.15, 0.2) is 162 Å². The summed E-state index contributed by atoms with van der Waals surface area (Å²) in [6, 6.07) is 50.1. The lowest BCUT2D eigenvalue weighted by molar-refractivity contribution is 0.669. The molecule has 0 atom stereocenters. The standard InChI is InChI=1S/C44H26N4O/c1-2-9-27(10-3-1)28-17-19-29(20-18-28)30-11-8-12-31(23-30)43-45-25-37-33-13-4-5-14-34(33)38-26-46-44(48-42(38)41(37)47-43)32-21-22-40-36(24-32)35-15-6-7-16-39(35)49-40/h1-26H. The van der Waals surface area contributed by atoms with Crippen LogP contribution < -0.4 is 0 Å². The van der Waals surface area contributed by atoms with Crippen molar-refractivity contribution in [2.45, 2.75) is 0 Å². The van der Waals surface area contributed by atoms with Gasteiger partial charge >= 0.3 is 0 Å². The highest BCUT2D eigenvalue weighted by atomic mass is 16.3. The largest absolute Gasteiger partial charge is 0.456 e. The molecule has 10 aromatic rings. The second-order valence-corrected chi connectivity index (χ2v) is 12.3. The molecule has 0 aliphatic carbocycles. The predicted octanol–water partition coefficient (Wildman–Crippen LogP) is 11.3. The molecule has 5 heteroatoms. The Morgan fingerprint density at radius 3 is 1.51 bits per heavy atom. The summed E-state index contributed by atoms with van der Waals surface area (Å²) < 4.78 is 6.08. The lowest BCUT2D eigenvalue weighted by Gasteiger charge is -2.11. The monoisotopic (exact) mass is 626 g/mol. The Balaban J connectivity index is 1.11. The molecule has 49 heavy (non-hydrogen) atoms. The highest BCUT2D eigenvalue weighted by Crippen LogP contribution is 2.36. The first kappa shape index (κ1) is 27.4. The minimum absolute atomic E-state index is 0.636. The van der Waals surface area contributed by atoms with Gasteiger partial charge in [-0.3, -0.25) is 0 Å². The van der Waals surface area contributed by atoms with E-state index in [0.29, 0.717) is 11.6 Å². The third-order valence-electron chi connectivity index (χ3n) is 9.39. The smallest absolute Gasteiger partial charge is 0.159 e. The lowest BCUT2D eigenvalue weighted by atomic mass is 9.99. The maximum Gasteiger partial charge on any atom is 0.159 e. The Morgan fingerprint density at radius 1 is 0.327 bits per heavy atom. The van der Waals surface area contributed by atoms with Crippen LogP contribution in [-0.2, 0) is 0 Å². The van der Waals surface area contributed by atoms with Gasteiger partial charge in [0.2, 0.25) is 0 Å². The van der Waals surface area contributed by atoms with E-state index < -0.39 is 0 Å². The van der Waals surface area contributed by atoms with Gasteiger partial charge in [0.15, 0.2) is 11.6 Å². The highest BCUT2D eigenvalue weighted by molar-refractivity contribution is 6.23. The first-order chi connectivity index (χ1) is 24.3. The summed E-state index contributed by atoms with van der Waals surface area (Å²) in [5, 5.41) is 6.18. The van der Waals surface area contributed by atoms with Crippen molar-refractivity contribution in [1.82, 2.24) is 19.9 Å². The average Bonchev–Trinajstić information content (AvgIpc) is 3.56. The highest BCUT2D eigenvalue weighted by Gasteiger charge is 2.16. The Hall–Kier alpha value is -6.72. The SMILES string of the molecule is c1ccc(-c2ccc(-c3cccc(-c4ncc5c6ccccc6c6cnc(-c7ccc8oc9ccccc9c8c7)nc6c5n4)c3)cc2)cc1. The molecule has 0 aliphatic rings. The molecule has 228 valence electrons. The minimum Gasteiger partial charge on any atom is -0.456 e. The number of hydrogen-bond acceptors (Lipinski definition) is 5. The summed E-state index contributed by atoms with van der Waals surface area (Å²) in [6.07, 6.45) is 3.87. The molecule has 0 N–H and O–H groups in total. The van der Waals surface area contributed by atoms with Crippen molar-refractivity contribution in [2.75, 3.05) is 0 Å². The van der Waals surface area contributed by atoms with E-state index in [4.69, 9.17) is 24.4 Å². The zero-order chi connectivity index (χ0) is 32.3. The zero-order valence-corrected chi connectivity index (χ0v) is 26.2. The quantitative estimate of drug-likeness (QED) is 0.182. The molecule has 0 bridgehead atoms. The topological polar surface area (TPSA) is 64.7 Å². The number of nitrogens with zero attached hydrogens (tertiary/aromatic N) is 4. The van der Waals surface area contributed by atoms with Crippen LogP contribution in [0.2, 0.25) is 0 Å². The van der Waals surface area contributed by atoms with Crippen molar-refractivity contribution in [2.24, 2.45) is 0 Å². The number of benzene rings is 7. The number of furan rings is 1. The lowest BCUT2D eigenvalue weighted by Crippen LogP contribution is -1.96. The Bertz CT molecular complexity index is 2880. The normalized spacial score (nSPS) is 11.7. The predicted molar refractivity (Wildman–Crippen MR) is 199 cm³/mol. The summed E-state index contributed by atoms with van der Waals surface area (Å²) in [6.45, 7) is 0. The second kappa shape index (κ2) is 10.9. The molecule has 10 rings (SSSR count). The van der Waals surface area contributed by atoms with Crippen molar-refractivity contribution < 1.29 is 4.42 Å². The molecule has 0 amide bonds. The van der Waals surface area contributed by atoms with Crippen molar-refractivity contribution in [3.63, 3.8) is 0 Å². The zero-order valence-electron chi connectivity index (χ0n) is 26.2. The van der Waals surface area contributed by atoms with Gasteiger partial charge in [-0.15, -0.1) is 0 Å². The van der Waals surface area contributed by atoms with Gasteiger partial charge in [0.05, 0.1) is 0 Å². The van der Waals surface area contributed by atoms with Gasteiger partial charge in [0, 0.05) is 45.1 Å². The molecule has 0 aliphatic heterocycles. The number of hydrogen-bond donors (Lipinski definition) is 0. The maximum atomic E-state index is 6.08. The maximum absolute atomic E-state index is 6.08. The van der Waals surface area contributed by atoms with Crippen LogP contribution in [0.1, 0.15) is 0 Å². The fraction of sp³-hybridized carbons (Fsp3) is 0. The van der Waals surface area contributed by atoms with Crippen molar-refractivity contribution in [3.8, 4) is 45.0 Å². The molecular weight excluding hydrogens is 601 g/mol. The van der Waals surface area contributed by atoms with E-state index >= 15 is 0 Å². The first-order valence-corrected chi connectivity index (χ1v) is 16.3. The second-order valence-electron chi connectivity index (χ2n) is 12.3. The molecule has 0 saturated heterocycles. The number of aromatic nitrogens is 4. The third kappa shape index (κ3) is 4.55. The van der Waals surface area contributed by atoms with Gasteiger partial charge in [-0.2, -0.15) is 0 Å². The van der Waals surface area contributed by atoms with Crippen LogP contribution in [0.25, 0.3) is 99.5 Å². The van der Waals surface area contributed by atoms with Gasteiger partial charge in [-0.25, -0.2) is 19.9 Å². The van der Waals surface area contributed by atoms with Crippen molar-refractivity contribution >= 4 is 54.5 Å². The molecule has 0 saturated carbocycles. The van der Waals surface area contributed by atoms with Crippen LogP contribution in [0.5, 0.6) is 0 Å². The third-order valence-corrected chi connectivity index (χ3v) is 9.39. The molecule has 0 spiro atoms. The molecular formula is C44H26N4O. The van der Waals surface area contributed by atoms with Gasteiger partial charge in [0.1, 0.15) is 22.2 Å². The Kier molecular flexibility index (Phi) is 6.11. The summed E-state index contributed by atoms with van der Waals surface area (Å²) in [4.78, 5) is 20.2. The van der Waals surface area contributed by atoms with Crippen molar-refractivity contribution in [3.05, 3.63) is 158 Å². The van der Waals surface area contributed by atoms with Crippen LogP contribution in [0.3, 0.4) is 0 Å². The fourth-order valence-electron chi connectivity index (χ4n) is 6.94. The summed E-state index contributed by atoms with van der Waals surface area (Å²) >= 11 is 0. The molecule has 0 fully saturated rings. The number of rotatable bonds is 4. The van der Waals surface area contributed by atoms with Crippen LogP contribution in [-0.4, -0.2) is 19.9 Å². The molecule has 5 nitrogen and oxygen atoms in total. The van der Waals surface area contributed by atoms with E-state index in [0.717, 1.165) is 76.8 Å². The Morgan fingerprint density at radius 2 is 0.816 bits per heavy atom. The number of para-hydroxylation sites is 1. The van der Waals surface area contributed by atoms with E-state index in [-0.39, 0.29) is 0 Å². The summed E-state index contributed by atoms with van der Waals surface area (Å²) in [5.74, 6) is 1.29. The molecule has 0 unspecified atom stereocenters. The van der Waals surface area contributed by atoms with E-state index in [2.05, 4.69) is 97.1 Å². The van der Waals surface area contributed by atoms with Crippen LogP contribution in [0, 0.1) is 0 Å². The number of fused-ring (bicyclic) bond motifs is 9. The van der Waals surface area contributed by atoms with Crippen LogP contribution in [0.4, 0.5) is 0 Å². The minimum atomic E-state index is 0.636. The first-order valence-electron chi connectivity index (χ1n) is 16.3. The van der Waals surface area contributed by atoms with E-state index in [1.54, 1.807) is 0 Å². The molecule has 3 heterocycles. The molecule has 3 aromatic heterocycles. The summed E-state index contributed by atoms with van der Waals surface area (Å²) in [7, 11) is 0. The van der Waals surface area contributed by atoms with Crippen molar-refractivity contribution in [1.29, 1.82) is 0 Å². The Labute approximate surface area is 281 Å². The van der Waals surface area contributed by atoms with Gasteiger partial charge in [-0.1, -0.05) is 115 Å². The summed E-state index contributed by atoms with van der Waals surface area (Å²) in [5.41, 5.74) is 9.81. The fourth-order valence-corrected chi connectivity index (χ4v) is 6.94. The van der Waals surface area contributed by atoms with Gasteiger partial charge in [0.25, 0.3) is 0 Å². The van der Waals surface area contributed by atoms with E-state index in [1.807, 2.05) is 60.9 Å². The van der Waals surface area contributed by atoms with E-state index in [1.165, 1.54) is 11.1 Å². The molecule has 0 radical (unpaired) electrons. The van der Waals surface area contributed by atoms with Crippen LogP contribution >= 0.6 is 0 Å². The van der Waals surface area contributed by atoms with Gasteiger partial charge in [-0.05, 0) is 63.4 Å². The van der Waals surface area contributed by atoms with E-state index in [9.17, 15) is 0 Å². The van der Waals surface area contributed by atoms with Gasteiger partial charge < -0.3 is 4.42 Å².